The second-order valence-electron chi connectivity index (χ2n) is 10.6. The number of carbonyl (C=O) groups is 2. The number of nitrogens with one attached hydrogen (secondary N) is 1. The van der Waals surface area contributed by atoms with E-state index < -0.39 is 52.5 Å². The minimum Gasteiger partial charge on any atom is -0.396 e. The van der Waals surface area contributed by atoms with Crippen molar-refractivity contribution >= 4 is 11.9 Å². The average molecular weight is 573 g/mol. The Kier molecular flexibility index (Phi) is 8.24. The zero-order valence-corrected chi connectivity index (χ0v) is 21.7. The van der Waals surface area contributed by atoms with E-state index in [9.17, 15) is 41.0 Å². The lowest BCUT2D eigenvalue weighted by Gasteiger charge is -2.50. The summed E-state index contributed by atoms with van der Waals surface area (Å²) in [7, 11) is 0. The summed E-state index contributed by atoms with van der Waals surface area (Å²) in [6.07, 6.45) is -9.08. The second-order valence-corrected chi connectivity index (χ2v) is 10.6. The molecule has 1 aliphatic heterocycles. The number of aliphatic hydroxyl groups excluding tert-OH is 1. The number of ether oxygens (including phenoxy) is 1. The Morgan fingerprint density at radius 3 is 2.00 bits per heavy atom. The molecule has 4 rings (SSSR count). The number of nitrogens with zero attached hydrogens (tertiary/aromatic N) is 1. The molecule has 1 saturated heterocycles. The van der Waals surface area contributed by atoms with Crippen LogP contribution >= 0.6 is 0 Å². The van der Waals surface area contributed by atoms with Gasteiger partial charge in [-0.15, -0.1) is 0 Å². The normalized spacial score (nSPS) is 24.8. The molecule has 0 aromatic heterocycles. The van der Waals surface area contributed by atoms with Crippen molar-refractivity contribution in [2.75, 3.05) is 19.8 Å². The lowest BCUT2D eigenvalue weighted by Crippen LogP contribution is -2.55. The highest BCUT2D eigenvalue weighted by Gasteiger charge is 2.50. The summed E-state index contributed by atoms with van der Waals surface area (Å²) in [5.41, 5.74) is -3.63. The van der Waals surface area contributed by atoms with Crippen molar-refractivity contribution in [3.8, 4) is 0 Å². The number of alkyl halides is 6. The molecule has 218 valence electrons. The minimum atomic E-state index is -4.97. The molecule has 1 saturated carbocycles. The molecule has 0 unspecified atom stereocenters. The Morgan fingerprint density at radius 1 is 0.950 bits per heavy atom. The van der Waals surface area contributed by atoms with Gasteiger partial charge in [-0.3, -0.25) is 10.1 Å². The van der Waals surface area contributed by atoms with Crippen molar-refractivity contribution in [1.29, 1.82) is 0 Å². The molecule has 2 aromatic carbocycles. The van der Waals surface area contributed by atoms with Gasteiger partial charge in [0.15, 0.2) is 0 Å². The van der Waals surface area contributed by atoms with Gasteiger partial charge in [0, 0.05) is 17.6 Å². The highest BCUT2D eigenvalue weighted by Crippen LogP contribution is 2.48. The van der Waals surface area contributed by atoms with Crippen LogP contribution in [0.5, 0.6) is 0 Å². The number of urea groups is 1. The third-order valence-corrected chi connectivity index (χ3v) is 8.16. The minimum absolute atomic E-state index is 0.00386. The number of rotatable bonds is 8. The van der Waals surface area contributed by atoms with Crippen molar-refractivity contribution < 1.29 is 45.8 Å². The van der Waals surface area contributed by atoms with Crippen LogP contribution in [-0.2, 0) is 27.3 Å². The summed E-state index contributed by atoms with van der Waals surface area (Å²) in [6, 6.07) is 10.1. The first-order valence-corrected chi connectivity index (χ1v) is 12.9. The summed E-state index contributed by atoms with van der Waals surface area (Å²) < 4.78 is 86.4. The van der Waals surface area contributed by atoms with E-state index in [0.29, 0.717) is 37.8 Å². The highest BCUT2D eigenvalue weighted by atomic mass is 19.4. The number of amides is 3. The quantitative estimate of drug-likeness (QED) is 0.301. The third kappa shape index (κ3) is 6.12. The molecule has 6 nitrogen and oxygen atoms in total. The molecule has 2 aromatic rings. The SMILES string of the molecule is C[C@@H](OCC1(c2ccccc2)CCC(CCO)(N2CC(=O)NC2=O)CC1)c1cc(C(F)(F)F)cc(C(F)(F)F)c1. The van der Waals surface area contributed by atoms with E-state index in [1.165, 1.54) is 11.8 Å². The molecule has 2 aliphatic rings. The van der Waals surface area contributed by atoms with E-state index in [2.05, 4.69) is 5.32 Å². The fourth-order valence-corrected chi connectivity index (χ4v) is 5.78. The monoisotopic (exact) mass is 572 g/mol. The van der Waals surface area contributed by atoms with Gasteiger partial charge < -0.3 is 14.7 Å². The molecule has 1 heterocycles. The largest absolute Gasteiger partial charge is 0.416 e. The fraction of sp³-hybridized carbons (Fsp3) is 0.500. The van der Waals surface area contributed by atoms with E-state index in [0.717, 1.165) is 5.56 Å². The topological polar surface area (TPSA) is 78.9 Å². The number of hydrogen-bond acceptors (Lipinski definition) is 4. The fourth-order valence-electron chi connectivity index (χ4n) is 5.78. The van der Waals surface area contributed by atoms with Gasteiger partial charge in [-0.25, -0.2) is 4.79 Å². The van der Waals surface area contributed by atoms with Gasteiger partial charge in [-0.1, -0.05) is 30.3 Å². The smallest absolute Gasteiger partial charge is 0.396 e. The molecule has 1 aliphatic carbocycles. The Bertz CT molecular complexity index is 1190. The maximum Gasteiger partial charge on any atom is 0.416 e. The van der Waals surface area contributed by atoms with Crippen LogP contribution in [0.2, 0.25) is 0 Å². The van der Waals surface area contributed by atoms with Gasteiger partial charge in [-0.2, -0.15) is 26.3 Å². The molecule has 2 fully saturated rings. The molecular weight excluding hydrogens is 542 g/mol. The Balaban J connectivity index is 1.61. The van der Waals surface area contributed by atoms with Gasteiger partial charge in [0.05, 0.1) is 23.8 Å². The molecule has 0 radical (unpaired) electrons. The van der Waals surface area contributed by atoms with Crippen molar-refractivity contribution in [3.63, 3.8) is 0 Å². The third-order valence-electron chi connectivity index (χ3n) is 8.16. The van der Waals surface area contributed by atoms with Crippen LogP contribution in [0.3, 0.4) is 0 Å². The summed E-state index contributed by atoms with van der Waals surface area (Å²) in [4.78, 5) is 25.8. The van der Waals surface area contributed by atoms with Crippen LogP contribution in [0.4, 0.5) is 31.1 Å². The molecule has 0 spiro atoms. The van der Waals surface area contributed by atoms with Crippen LogP contribution in [0.15, 0.2) is 48.5 Å². The lowest BCUT2D eigenvalue weighted by atomic mass is 9.63. The first kappa shape index (κ1) is 29.9. The standard InChI is InChI=1S/C28H30F6N2O4/c1-18(19-13-21(27(29,30)31)15-22(14-19)28(32,33)34)40-17-25(20-5-3-2-4-6-20)7-9-26(10-8-25,11-12-37)36-16-23(38)35-24(36)39/h2-6,13-15,18,37H,7-12,16-17H2,1H3,(H,35,38,39)/t18-,25?,26?/m1/s1. The Labute approximate surface area is 227 Å². The number of benzene rings is 2. The van der Waals surface area contributed by atoms with E-state index in [1.807, 2.05) is 30.3 Å². The number of aliphatic hydroxyl groups is 1. The first-order chi connectivity index (χ1) is 18.7. The maximum absolute atomic E-state index is 13.4. The van der Waals surface area contributed by atoms with E-state index in [1.54, 1.807) is 0 Å². The van der Waals surface area contributed by atoms with Crippen molar-refractivity contribution in [1.82, 2.24) is 10.2 Å². The Morgan fingerprint density at radius 2 is 1.52 bits per heavy atom. The molecular formula is C28H30F6N2O4. The summed E-state index contributed by atoms with van der Waals surface area (Å²) in [5, 5.41) is 12.0. The van der Waals surface area contributed by atoms with Crippen molar-refractivity contribution in [2.24, 2.45) is 0 Å². The molecule has 40 heavy (non-hydrogen) atoms. The number of imide groups is 1. The van der Waals surface area contributed by atoms with E-state index in [4.69, 9.17) is 4.74 Å². The number of hydrogen-bond donors (Lipinski definition) is 2. The molecule has 0 bridgehead atoms. The molecule has 2 N–H and O–H groups in total. The zero-order valence-electron chi connectivity index (χ0n) is 21.7. The second kappa shape index (κ2) is 11.0. The first-order valence-electron chi connectivity index (χ1n) is 12.9. The van der Waals surface area contributed by atoms with Crippen molar-refractivity contribution in [2.45, 2.75) is 68.4 Å². The van der Waals surface area contributed by atoms with Crippen LogP contribution in [0.1, 0.15) is 67.4 Å². The van der Waals surface area contributed by atoms with Gasteiger partial charge in [0.1, 0.15) is 6.54 Å². The predicted octanol–water partition coefficient (Wildman–Crippen LogP) is 5.99. The van der Waals surface area contributed by atoms with Gasteiger partial charge in [-0.05, 0) is 68.4 Å². The highest BCUT2D eigenvalue weighted by molar-refractivity contribution is 6.02. The summed E-state index contributed by atoms with van der Waals surface area (Å²) >= 11 is 0. The van der Waals surface area contributed by atoms with Gasteiger partial charge >= 0.3 is 18.4 Å². The molecule has 3 amide bonds. The van der Waals surface area contributed by atoms with Crippen LogP contribution < -0.4 is 5.32 Å². The van der Waals surface area contributed by atoms with E-state index >= 15 is 0 Å². The van der Waals surface area contributed by atoms with Gasteiger partial charge in [0.25, 0.3) is 0 Å². The van der Waals surface area contributed by atoms with Crippen LogP contribution in [-0.4, -0.2) is 47.2 Å². The molecule has 1 atom stereocenters. The summed E-state index contributed by atoms with van der Waals surface area (Å²) in [5.74, 6) is -0.432. The Hall–Kier alpha value is -3.12. The zero-order chi connectivity index (χ0) is 29.3. The van der Waals surface area contributed by atoms with Gasteiger partial charge in [0.2, 0.25) is 5.91 Å². The maximum atomic E-state index is 13.4. The van der Waals surface area contributed by atoms with Crippen LogP contribution in [0, 0.1) is 0 Å². The van der Waals surface area contributed by atoms with Crippen LogP contribution in [0.25, 0.3) is 0 Å². The van der Waals surface area contributed by atoms with Crippen molar-refractivity contribution in [3.05, 3.63) is 70.8 Å². The van der Waals surface area contributed by atoms with E-state index in [-0.39, 0.29) is 37.8 Å². The summed E-state index contributed by atoms with van der Waals surface area (Å²) in [6.45, 7) is 1.08. The predicted molar refractivity (Wildman–Crippen MR) is 132 cm³/mol. The number of halogens is 6. The lowest BCUT2D eigenvalue weighted by molar-refractivity contribution is -0.143. The molecule has 12 heteroatoms. The average Bonchev–Trinajstić information content (AvgIpc) is 3.26. The number of carbonyl (C=O) groups excluding carboxylic acids is 2.